The van der Waals surface area contributed by atoms with Gasteiger partial charge in [0.2, 0.25) is 0 Å². The Morgan fingerprint density at radius 3 is 1.73 bits per heavy atom. The van der Waals surface area contributed by atoms with Gasteiger partial charge in [0.1, 0.15) is 11.2 Å². The van der Waals surface area contributed by atoms with Gasteiger partial charge in [-0.25, -0.2) is 0 Å². The van der Waals surface area contributed by atoms with Gasteiger partial charge in [0, 0.05) is 32.8 Å². The van der Waals surface area contributed by atoms with Crippen molar-refractivity contribution in [3.05, 3.63) is 258 Å². The molecular weight excluding hydrogens is 775 g/mol. The van der Waals surface area contributed by atoms with Crippen molar-refractivity contribution < 1.29 is 4.42 Å². The third-order valence-electron chi connectivity index (χ3n) is 14.3. The van der Waals surface area contributed by atoms with Crippen LogP contribution in [0.2, 0.25) is 0 Å². The number of anilines is 3. The molecule has 1 aromatic heterocycles. The highest BCUT2D eigenvalue weighted by molar-refractivity contribution is 6.11. The van der Waals surface area contributed by atoms with Crippen LogP contribution in [0.25, 0.3) is 76.5 Å². The van der Waals surface area contributed by atoms with E-state index in [4.69, 9.17) is 4.42 Å². The summed E-state index contributed by atoms with van der Waals surface area (Å²) in [6.45, 7) is 0. The van der Waals surface area contributed by atoms with E-state index < -0.39 is 5.41 Å². The van der Waals surface area contributed by atoms with Crippen molar-refractivity contribution in [2.45, 2.75) is 11.8 Å². The van der Waals surface area contributed by atoms with Crippen LogP contribution in [0.1, 0.15) is 33.4 Å². The van der Waals surface area contributed by atoms with Crippen LogP contribution in [-0.4, -0.2) is 0 Å². The van der Waals surface area contributed by atoms with Crippen LogP contribution in [0.15, 0.2) is 229 Å². The quantitative estimate of drug-likeness (QED) is 0.176. The first kappa shape index (κ1) is 35.4. The summed E-state index contributed by atoms with van der Waals surface area (Å²) in [5, 5.41) is 9.87. The Balaban J connectivity index is 1.05. The molecular formula is C62H39NO. The average Bonchev–Trinajstić information content (AvgIpc) is 3.89. The number of hydrogen-bond acceptors (Lipinski definition) is 2. The minimum Gasteiger partial charge on any atom is -0.455 e. The molecule has 0 atom stereocenters. The fourth-order valence-corrected chi connectivity index (χ4v) is 11.7. The molecule has 298 valence electrons. The van der Waals surface area contributed by atoms with Gasteiger partial charge < -0.3 is 9.32 Å². The molecule has 0 saturated heterocycles. The predicted octanol–water partition coefficient (Wildman–Crippen LogP) is 16.4. The van der Waals surface area contributed by atoms with E-state index in [-0.39, 0.29) is 0 Å². The number of benzene rings is 11. The molecule has 0 radical (unpaired) electrons. The van der Waals surface area contributed by atoms with E-state index >= 15 is 0 Å². The lowest BCUT2D eigenvalue weighted by Crippen LogP contribution is -2.30. The fraction of sp³-hybridized carbons (Fsp3) is 0.0323. The lowest BCUT2D eigenvalue weighted by atomic mass is 9.63. The number of rotatable bonds is 4. The average molecular weight is 814 g/mol. The molecule has 11 aromatic carbocycles. The summed E-state index contributed by atoms with van der Waals surface area (Å²) in [5.74, 6) is 0. The summed E-state index contributed by atoms with van der Waals surface area (Å²) < 4.78 is 6.52. The van der Waals surface area contributed by atoms with Crippen LogP contribution >= 0.6 is 0 Å². The summed E-state index contributed by atoms with van der Waals surface area (Å²) in [5.41, 5.74) is 17.5. The SMILES string of the molecule is c1ccc2c(c1)-c1ccccc1C21c2cccc3cccc(c23)Cc2ccc(N(c3ccc(-c4cccc5c4oc4ccccc45)cc3)c3cccc4ccccc34)c3cccc1c23. The molecule has 1 heterocycles. The molecule has 0 fully saturated rings. The maximum absolute atomic E-state index is 6.52. The van der Waals surface area contributed by atoms with Crippen LogP contribution in [0.3, 0.4) is 0 Å². The number of nitrogens with zero attached hydrogens (tertiary/aromatic N) is 1. The summed E-state index contributed by atoms with van der Waals surface area (Å²) >= 11 is 0. The van der Waals surface area contributed by atoms with Gasteiger partial charge in [0.05, 0.1) is 16.8 Å². The van der Waals surface area contributed by atoms with Crippen molar-refractivity contribution in [3.8, 4) is 22.3 Å². The Bertz CT molecular complexity index is 3830. The van der Waals surface area contributed by atoms with Crippen molar-refractivity contribution >= 4 is 71.3 Å². The molecule has 2 aliphatic rings. The fourth-order valence-electron chi connectivity index (χ4n) is 11.7. The lowest BCUT2D eigenvalue weighted by molar-refractivity contribution is 0.670. The van der Waals surface area contributed by atoms with Gasteiger partial charge in [0.15, 0.2) is 0 Å². The van der Waals surface area contributed by atoms with Crippen LogP contribution < -0.4 is 4.90 Å². The Kier molecular flexibility index (Phi) is 7.41. The van der Waals surface area contributed by atoms with Gasteiger partial charge in [-0.2, -0.15) is 0 Å². The molecule has 2 aliphatic carbocycles. The minimum absolute atomic E-state index is 0.556. The van der Waals surface area contributed by atoms with Crippen LogP contribution in [0.4, 0.5) is 17.1 Å². The first-order chi connectivity index (χ1) is 31.8. The molecule has 2 nitrogen and oxygen atoms in total. The van der Waals surface area contributed by atoms with Gasteiger partial charge in [-0.15, -0.1) is 0 Å². The normalized spacial score (nSPS) is 13.4. The van der Waals surface area contributed by atoms with E-state index in [0.29, 0.717) is 0 Å². The molecule has 1 spiro atoms. The number of para-hydroxylation sites is 2. The van der Waals surface area contributed by atoms with E-state index in [1.54, 1.807) is 0 Å². The molecule has 14 rings (SSSR count). The van der Waals surface area contributed by atoms with Crippen LogP contribution in [-0.2, 0) is 11.8 Å². The monoisotopic (exact) mass is 813 g/mol. The van der Waals surface area contributed by atoms with E-state index in [1.165, 1.54) is 76.8 Å². The lowest BCUT2D eigenvalue weighted by Gasteiger charge is -2.38. The van der Waals surface area contributed by atoms with Gasteiger partial charge in [0.25, 0.3) is 0 Å². The molecule has 12 aromatic rings. The van der Waals surface area contributed by atoms with E-state index in [2.05, 4.69) is 223 Å². The molecule has 2 heteroatoms. The molecule has 0 unspecified atom stereocenters. The van der Waals surface area contributed by atoms with Crippen molar-refractivity contribution in [1.29, 1.82) is 0 Å². The van der Waals surface area contributed by atoms with Crippen LogP contribution in [0, 0.1) is 0 Å². The Morgan fingerprint density at radius 2 is 0.906 bits per heavy atom. The topological polar surface area (TPSA) is 16.4 Å². The molecule has 64 heavy (non-hydrogen) atoms. The molecule has 0 amide bonds. The Hall–Kier alpha value is -8.20. The molecule has 0 bridgehead atoms. The zero-order valence-electron chi connectivity index (χ0n) is 34.9. The number of fused-ring (bicyclic) bond motifs is 11. The van der Waals surface area contributed by atoms with Gasteiger partial charge in [-0.3, -0.25) is 0 Å². The highest BCUT2D eigenvalue weighted by Gasteiger charge is 2.48. The van der Waals surface area contributed by atoms with Crippen molar-refractivity contribution in [2.75, 3.05) is 4.90 Å². The highest BCUT2D eigenvalue weighted by atomic mass is 16.3. The largest absolute Gasteiger partial charge is 0.455 e. The smallest absolute Gasteiger partial charge is 0.143 e. The summed E-state index contributed by atoms with van der Waals surface area (Å²) in [7, 11) is 0. The standard InChI is InChI=1S/C62H39NO/c1-2-19-45-39(14-1)15-11-30-56(45)63(44-35-32-40(33-36-44)46-23-12-24-50-49-22-5-8-31-58(49)64-61(46)50)57-37-34-43-38-42-18-9-16-41-17-10-28-54(59(41)42)62(55-29-13-25-51(57)60(43)55)52-26-6-3-20-47(52)48-21-4-7-27-53(48)62/h1-37H,38H2. The van der Waals surface area contributed by atoms with Crippen molar-refractivity contribution in [3.63, 3.8) is 0 Å². The second kappa shape index (κ2) is 13.4. The van der Waals surface area contributed by atoms with Gasteiger partial charge in [-0.05, 0) is 108 Å². The third kappa shape index (κ3) is 4.80. The van der Waals surface area contributed by atoms with Gasteiger partial charge in [-0.1, -0.05) is 194 Å². The summed E-state index contributed by atoms with van der Waals surface area (Å²) in [4.78, 5) is 2.49. The summed E-state index contributed by atoms with van der Waals surface area (Å²) in [6, 6.07) is 83.4. The Labute approximate surface area is 370 Å². The zero-order chi connectivity index (χ0) is 41.9. The highest BCUT2D eigenvalue weighted by Crippen LogP contribution is 2.60. The summed E-state index contributed by atoms with van der Waals surface area (Å²) in [6.07, 6.45) is 0.831. The first-order valence-corrected chi connectivity index (χ1v) is 22.3. The minimum atomic E-state index is -0.556. The molecule has 0 saturated carbocycles. The van der Waals surface area contributed by atoms with Crippen molar-refractivity contribution in [2.24, 2.45) is 0 Å². The predicted molar refractivity (Wildman–Crippen MR) is 266 cm³/mol. The Morgan fingerprint density at radius 1 is 0.359 bits per heavy atom. The zero-order valence-corrected chi connectivity index (χ0v) is 34.9. The first-order valence-electron chi connectivity index (χ1n) is 22.3. The number of hydrogen-bond donors (Lipinski definition) is 0. The van der Waals surface area contributed by atoms with Gasteiger partial charge >= 0.3 is 0 Å². The number of furan rings is 1. The molecule has 0 aliphatic heterocycles. The second-order valence-electron chi connectivity index (χ2n) is 17.5. The maximum Gasteiger partial charge on any atom is 0.143 e. The van der Waals surface area contributed by atoms with Crippen molar-refractivity contribution in [1.82, 2.24) is 0 Å². The maximum atomic E-state index is 6.52. The van der Waals surface area contributed by atoms with E-state index in [0.717, 1.165) is 56.5 Å². The molecule has 0 N–H and O–H groups in total. The van der Waals surface area contributed by atoms with E-state index in [9.17, 15) is 0 Å². The second-order valence-corrected chi connectivity index (χ2v) is 17.5. The third-order valence-corrected chi connectivity index (χ3v) is 14.3. The van der Waals surface area contributed by atoms with E-state index in [1.807, 2.05) is 6.07 Å². The van der Waals surface area contributed by atoms with Crippen LogP contribution in [0.5, 0.6) is 0 Å².